The molecule has 104 valence electrons. The van der Waals surface area contributed by atoms with Crippen LogP contribution in [0.25, 0.3) is 0 Å². The van der Waals surface area contributed by atoms with E-state index in [0.29, 0.717) is 0 Å². The Bertz CT molecular complexity index is 504. The van der Waals surface area contributed by atoms with E-state index in [1.807, 2.05) is 19.0 Å². The first-order valence-electron chi connectivity index (χ1n) is 6.92. The maximum atomic E-state index is 12.7. The zero-order chi connectivity index (χ0) is 14.2. The van der Waals surface area contributed by atoms with Crippen molar-refractivity contribution in [3.05, 3.63) is 28.8 Å². The molecular weight excluding hydrogens is 236 g/mol. The van der Waals surface area contributed by atoms with Crippen LogP contribution in [0.3, 0.4) is 0 Å². The molecule has 1 aliphatic rings. The third-order valence-electron chi connectivity index (χ3n) is 4.30. The number of amides is 1. The van der Waals surface area contributed by atoms with E-state index in [0.717, 1.165) is 25.1 Å². The number of nitrogens with zero attached hydrogens (tertiary/aromatic N) is 1. The largest absolute Gasteiger partial charge is 0.319 e. The van der Waals surface area contributed by atoms with E-state index in [-0.39, 0.29) is 11.3 Å². The van der Waals surface area contributed by atoms with E-state index in [9.17, 15) is 4.79 Å². The van der Waals surface area contributed by atoms with Crippen molar-refractivity contribution in [3.63, 3.8) is 0 Å². The van der Waals surface area contributed by atoms with Gasteiger partial charge in [-0.05, 0) is 63.4 Å². The van der Waals surface area contributed by atoms with Crippen molar-refractivity contribution >= 4 is 11.6 Å². The molecular formula is C16H24N2O. The van der Waals surface area contributed by atoms with Gasteiger partial charge >= 0.3 is 0 Å². The summed E-state index contributed by atoms with van der Waals surface area (Å²) in [5.74, 6) is 0.244. The van der Waals surface area contributed by atoms with Gasteiger partial charge in [0.05, 0.1) is 5.41 Å². The van der Waals surface area contributed by atoms with Gasteiger partial charge < -0.3 is 10.2 Å². The molecule has 0 saturated heterocycles. The fourth-order valence-corrected chi connectivity index (χ4v) is 2.73. The Labute approximate surface area is 116 Å². The van der Waals surface area contributed by atoms with Gasteiger partial charge in [0.25, 0.3) is 0 Å². The highest BCUT2D eigenvalue weighted by molar-refractivity contribution is 5.99. The molecule has 0 heterocycles. The summed E-state index contributed by atoms with van der Waals surface area (Å²) in [7, 11) is 3.81. The number of carbonyl (C=O) groups is 1. The predicted molar refractivity (Wildman–Crippen MR) is 79.7 cm³/mol. The van der Waals surface area contributed by atoms with E-state index >= 15 is 0 Å². The third-order valence-corrected chi connectivity index (χ3v) is 4.30. The van der Waals surface area contributed by atoms with E-state index in [4.69, 9.17) is 0 Å². The lowest BCUT2D eigenvalue weighted by Gasteiger charge is -2.25. The number of hydrogen-bond acceptors (Lipinski definition) is 2. The lowest BCUT2D eigenvalue weighted by atomic mass is 10.0. The lowest BCUT2D eigenvalue weighted by molar-refractivity contribution is -0.123. The van der Waals surface area contributed by atoms with Gasteiger partial charge in [-0.15, -0.1) is 0 Å². The van der Waals surface area contributed by atoms with Crippen LogP contribution in [0.1, 0.15) is 29.5 Å². The topological polar surface area (TPSA) is 32.3 Å². The minimum Gasteiger partial charge on any atom is -0.319 e. The molecule has 0 aliphatic heterocycles. The molecule has 0 aromatic heterocycles. The number of anilines is 1. The number of hydrogen-bond donors (Lipinski definition) is 1. The quantitative estimate of drug-likeness (QED) is 0.902. The number of nitrogens with one attached hydrogen (secondary N) is 1. The average Bonchev–Trinajstić information content (AvgIpc) is 3.13. The summed E-state index contributed by atoms with van der Waals surface area (Å²) >= 11 is 0. The molecule has 0 atom stereocenters. The van der Waals surface area contributed by atoms with Crippen LogP contribution in [0, 0.1) is 26.2 Å². The van der Waals surface area contributed by atoms with E-state index < -0.39 is 0 Å². The maximum absolute atomic E-state index is 12.7. The normalized spacial score (nSPS) is 16.3. The van der Waals surface area contributed by atoms with Crippen LogP contribution in [0.15, 0.2) is 12.1 Å². The van der Waals surface area contributed by atoms with Crippen LogP contribution in [-0.4, -0.2) is 26.5 Å². The molecule has 0 radical (unpaired) electrons. The monoisotopic (exact) mass is 260 g/mol. The summed E-state index contributed by atoms with van der Waals surface area (Å²) < 4.78 is 0. The Morgan fingerprint density at radius 2 is 1.79 bits per heavy atom. The van der Waals surface area contributed by atoms with Crippen molar-refractivity contribution in [1.82, 2.24) is 5.32 Å². The molecule has 1 amide bonds. The fraction of sp³-hybridized carbons (Fsp3) is 0.562. The Morgan fingerprint density at radius 1 is 1.21 bits per heavy atom. The van der Waals surface area contributed by atoms with Crippen LogP contribution < -0.4 is 10.2 Å². The highest BCUT2D eigenvalue weighted by atomic mass is 16.2. The van der Waals surface area contributed by atoms with E-state index in [2.05, 4.69) is 38.2 Å². The molecule has 1 saturated carbocycles. The van der Waals surface area contributed by atoms with Gasteiger partial charge in [0, 0.05) is 19.3 Å². The van der Waals surface area contributed by atoms with Crippen LogP contribution in [-0.2, 0) is 4.79 Å². The van der Waals surface area contributed by atoms with Crippen LogP contribution in [0.4, 0.5) is 5.69 Å². The van der Waals surface area contributed by atoms with Gasteiger partial charge in [0.15, 0.2) is 0 Å². The molecule has 1 aromatic rings. The van der Waals surface area contributed by atoms with Crippen LogP contribution in [0.2, 0.25) is 0 Å². The molecule has 1 fully saturated rings. The van der Waals surface area contributed by atoms with Gasteiger partial charge in [0.1, 0.15) is 0 Å². The fourth-order valence-electron chi connectivity index (χ4n) is 2.73. The SMILES string of the molecule is CNCC1(C(=O)N(C)c2cc(C)c(C)cc2C)CC1. The summed E-state index contributed by atoms with van der Waals surface area (Å²) in [4.78, 5) is 14.5. The van der Waals surface area contributed by atoms with Gasteiger partial charge in [-0.1, -0.05) is 6.07 Å². The second-order valence-corrected chi connectivity index (χ2v) is 5.90. The van der Waals surface area contributed by atoms with Crippen LogP contribution in [0.5, 0.6) is 0 Å². The van der Waals surface area contributed by atoms with E-state index in [1.54, 1.807) is 0 Å². The van der Waals surface area contributed by atoms with Gasteiger partial charge in [-0.25, -0.2) is 0 Å². The summed E-state index contributed by atoms with van der Waals surface area (Å²) in [5, 5.41) is 3.15. The third kappa shape index (κ3) is 2.52. The zero-order valence-electron chi connectivity index (χ0n) is 12.6. The van der Waals surface area contributed by atoms with Crippen LogP contribution >= 0.6 is 0 Å². The molecule has 1 aliphatic carbocycles. The number of aryl methyl sites for hydroxylation is 3. The number of rotatable bonds is 4. The molecule has 1 aromatic carbocycles. The molecule has 3 heteroatoms. The molecule has 0 spiro atoms. The van der Waals surface area contributed by atoms with E-state index in [1.165, 1.54) is 16.7 Å². The van der Waals surface area contributed by atoms with Crippen molar-refractivity contribution in [2.24, 2.45) is 5.41 Å². The molecule has 0 bridgehead atoms. The summed E-state index contributed by atoms with van der Waals surface area (Å²) in [6, 6.07) is 4.28. The molecule has 3 nitrogen and oxygen atoms in total. The van der Waals surface area contributed by atoms with Crippen molar-refractivity contribution in [2.75, 3.05) is 25.5 Å². The molecule has 1 N–H and O–H groups in total. The Morgan fingerprint density at radius 3 is 2.32 bits per heavy atom. The van der Waals surface area contributed by atoms with Gasteiger partial charge in [-0.2, -0.15) is 0 Å². The maximum Gasteiger partial charge on any atom is 0.234 e. The van der Waals surface area contributed by atoms with Crippen molar-refractivity contribution < 1.29 is 4.79 Å². The Balaban J connectivity index is 2.27. The first kappa shape index (κ1) is 14.1. The highest BCUT2D eigenvalue weighted by Crippen LogP contribution is 2.47. The molecule has 0 unspecified atom stereocenters. The average molecular weight is 260 g/mol. The standard InChI is InChI=1S/C16H24N2O/c1-11-8-13(3)14(9-12(11)2)18(5)15(19)16(6-7-16)10-17-4/h8-9,17H,6-7,10H2,1-5H3. The van der Waals surface area contributed by atoms with Gasteiger partial charge in [0.2, 0.25) is 5.91 Å². The second kappa shape index (κ2) is 4.97. The van der Waals surface area contributed by atoms with Gasteiger partial charge in [-0.3, -0.25) is 4.79 Å². The summed E-state index contributed by atoms with van der Waals surface area (Å²) in [6.45, 7) is 7.05. The van der Waals surface area contributed by atoms with Crippen molar-refractivity contribution in [3.8, 4) is 0 Å². The summed E-state index contributed by atoms with van der Waals surface area (Å²) in [5.41, 5.74) is 4.56. The molecule has 2 rings (SSSR count). The Hall–Kier alpha value is -1.35. The Kier molecular flexibility index (Phi) is 3.68. The van der Waals surface area contributed by atoms with Crippen molar-refractivity contribution in [1.29, 1.82) is 0 Å². The first-order chi connectivity index (χ1) is 8.91. The lowest BCUT2D eigenvalue weighted by Crippen LogP contribution is -2.39. The number of benzene rings is 1. The summed E-state index contributed by atoms with van der Waals surface area (Å²) in [6.07, 6.45) is 2.00. The highest BCUT2D eigenvalue weighted by Gasteiger charge is 2.50. The minimum atomic E-state index is -0.158. The van der Waals surface area contributed by atoms with Crippen molar-refractivity contribution in [2.45, 2.75) is 33.6 Å². The predicted octanol–water partition coefficient (Wildman–Crippen LogP) is 2.57. The number of carbonyl (C=O) groups excluding carboxylic acids is 1. The second-order valence-electron chi connectivity index (χ2n) is 5.90. The first-order valence-corrected chi connectivity index (χ1v) is 6.92. The zero-order valence-corrected chi connectivity index (χ0v) is 12.6. The molecule has 19 heavy (non-hydrogen) atoms. The smallest absolute Gasteiger partial charge is 0.234 e. The minimum absolute atomic E-state index is 0.158.